The molecule has 4 nitrogen and oxygen atoms in total. The van der Waals surface area contributed by atoms with Gasteiger partial charge in [-0.1, -0.05) is 20.3 Å². The minimum atomic E-state index is -0.399. The van der Waals surface area contributed by atoms with Crippen LogP contribution in [0.4, 0.5) is 0 Å². The molecule has 2 fully saturated rings. The number of rotatable bonds is 2. The van der Waals surface area contributed by atoms with E-state index >= 15 is 0 Å². The second kappa shape index (κ2) is 5.57. The van der Waals surface area contributed by atoms with Crippen molar-refractivity contribution in [2.75, 3.05) is 26.2 Å². The van der Waals surface area contributed by atoms with Crippen LogP contribution in [-0.4, -0.2) is 42.5 Å². The smallest absolute Gasteiger partial charge is 0.238 e. The molecule has 104 valence electrons. The van der Waals surface area contributed by atoms with Crippen molar-refractivity contribution in [3.05, 3.63) is 0 Å². The monoisotopic (exact) mass is 253 g/mol. The van der Waals surface area contributed by atoms with Gasteiger partial charge in [-0.25, -0.2) is 0 Å². The fraction of sp³-hybridized carbons (Fsp3) is 0.929. The van der Waals surface area contributed by atoms with Gasteiger partial charge in [0.1, 0.15) is 5.54 Å². The fourth-order valence-electron chi connectivity index (χ4n) is 3.79. The van der Waals surface area contributed by atoms with Gasteiger partial charge in [-0.05, 0) is 37.6 Å². The first-order valence-electron chi connectivity index (χ1n) is 7.33. The number of primary amides is 1. The number of carbonyl (C=O) groups is 1. The van der Waals surface area contributed by atoms with Gasteiger partial charge < -0.3 is 11.1 Å². The van der Waals surface area contributed by atoms with Gasteiger partial charge >= 0.3 is 0 Å². The molecule has 1 aliphatic carbocycles. The van der Waals surface area contributed by atoms with Gasteiger partial charge in [0, 0.05) is 19.6 Å². The Morgan fingerprint density at radius 2 is 2.06 bits per heavy atom. The normalized spacial score (nSPS) is 39.2. The Morgan fingerprint density at radius 3 is 2.78 bits per heavy atom. The second-order valence-electron chi connectivity index (χ2n) is 6.17. The molecule has 1 amide bonds. The molecular weight excluding hydrogens is 226 g/mol. The molecule has 18 heavy (non-hydrogen) atoms. The maximum Gasteiger partial charge on any atom is 0.238 e. The molecule has 3 N–H and O–H groups in total. The first-order valence-corrected chi connectivity index (χ1v) is 7.33. The Kier molecular flexibility index (Phi) is 4.28. The van der Waals surface area contributed by atoms with Gasteiger partial charge in [-0.2, -0.15) is 0 Å². The van der Waals surface area contributed by atoms with Gasteiger partial charge in [0.2, 0.25) is 5.91 Å². The molecule has 2 aliphatic rings. The summed E-state index contributed by atoms with van der Waals surface area (Å²) < 4.78 is 0. The van der Waals surface area contributed by atoms with E-state index in [0.717, 1.165) is 45.4 Å². The van der Waals surface area contributed by atoms with Gasteiger partial charge in [-0.15, -0.1) is 0 Å². The van der Waals surface area contributed by atoms with E-state index in [-0.39, 0.29) is 5.91 Å². The molecule has 0 aromatic heterocycles. The number of carbonyl (C=O) groups excluding carboxylic acids is 1. The summed E-state index contributed by atoms with van der Waals surface area (Å²) in [4.78, 5) is 14.6. The van der Waals surface area contributed by atoms with Gasteiger partial charge in [-0.3, -0.25) is 9.69 Å². The third-order valence-electron chi connectivity index (χ3n) is 4.90. The Balaban J connectivity index is 2.26. The van der Waals surface area contributed by atoms with Crippen LogP contribution < -0.4 is 11.1 Å². The Morgan fingerprint density at radius 1 is 1.28 bits per heavy atom. The zero-order valence-electron chi connectivity index (χ0n) is 11.7. The molecule has 3 unspecified atom stereocenters. The average Bonchev–Trinajstić information content (AvgIpc) is 2.61. The van der Waals surface area contributed by atoms with Crippen LogP contribution in [-0.2, 0) is 4.79 Å². The van der Waals surface area contributed by atoms with Crippen LogP contribution in [0, 0.1) is 11.8 Å². The van der Waals surface area contributed by atoms with Crippen molar-refractivity contribution < 1.29 is 4.79 Å². The van der Waals surface area contributed by atoms with Crippen molar-refractivity contribution >= 4 is 5.91 Å². The van der Waals surface area contributed by atoms with Crippen LogP contribution in [0.5, 0.6) is 0 Å². The van der Waals surface area contributed by atoms with E-state index in [4.69, 9.17) is 5.73 Å². The molecule has 0 spiro atoms. The van der Waals surface area contributed by atoms with Crippen molar-refractivity contribution in [1.29, 1.82) is 0 Å². The van der Waals surface area contributed by atoms with E-state index in [1.54, 1.807) is 0 Å². The highest BCUT2D eigenvalue weighted by molar-refractivity contribution is 5.85. The number of nitrogens with zero attached hydrogens (tertiary/aromatic N) is 1. The molecule has 0 aromatic rings. The minimum absolute atomic E-state index is 0.108. The third kappa shape index (κ3) is 2.41. The molecule has 1 saturated carbocycles. The van der Waals surface area contributed by atoms with Gasteiger partial charge in [0.05, 0.1) is 0 Å². The molecule has 1 heterocycles. The highest BCUT2D eigenvalue weighted by atomic mass is 16.1. The van der Waals surface area contributed by atoms with E-state index in [0.29, 0.717) is 11.8 Å². The highest BCUT2D eigenvalue weighted by Gasteiger charge is 2.49. The lowest BCUT2D eigenvalue weighted by molar-refractivity contribution is -0.138. The first-order chi connectivity index (χ1) is 8.57. The Labute approximate surface area is 110 Å². The lowest BCUT2D eigenvalue weighted by atomic mass is 9.68. The quantitative estimate of drug-likeness (QED) is 0.771. The fourth-order valence-corrected chi connectivity index (χ4v) is 3.79. The Hall–Kier alpha value is -0.610. The topological polar surface area (TPSA) is 58.4 Å². The van der Waals surface area contributed by atoms with Crippen molar-refractivity contribution in [3.8, 4) is 0 Å². The summed E-state index contributed by atoms with van der Waals surface area (Å²) >= 11 is 0. The summed E-state index contributed by atoms with van der Waals surface area (Å²) in [5.41, 5.74) is 5.44. The molecule has 1 saturated heterocycles. The van der Waals surface area contributed by atoms with E-state index < -0.39 is 5.54 Å². The molecule has 0 radical (unpaired) electrons. The molecule has 3 atom stereocenters. The zero-order valence-corrected chi connectivity index (χ0v) is 11.7. The maximum atomic E-state index is 12.2. The lowest BCUT2D eigenvalue weighted by Crippen LogP contribution is -2.64. The largest absolute Gasteiger partial charge is 0.368 e. The first kappa shape index (κ1) is 13.8. The predicted octanol–water partition coefficient (Wildman–Crippen LogP) is 0.962. The van der Waals surface area contributed by atoms with Crippen LogP contribution in [0.15, 0.2) is 0 Å². The third-order valence-corrected chi connectivity index (χ3v) is 4.90. The van der Waals surface area contributed by atoms with Crippen LogP contribution in [0.2, 0.25) is 0 Å². The predicted molar refractivity (Wildman–Crippen MR) is 73.2 cm³/mol. The van der Waals surface area contributed by atoms with Crippen LogP contribution >= 0.6 is 0 Å². The number of hydrogen-bond donors (Lipinski definition) is 2. The van der Waals surface area contributed by atoms with Gasteiger partial charge in [0.15, 0.2) is 0 Å². The van der Waals surface area contributed by atoms with Crippen molar-refractivity contribution in [2.24, 2.45) is 17.6 Å². The summed E-state index contributed by atoms with van der Waals surface area (Å²) in [5.74, 6) is 0.873. The number of nitrogens with one attached hydrogen (secondary N) is 1. The number of hydrogen-bond acceptors (Lipinski definition) is 3. The summed E-state index contributed by atoms with van der Waals surface area (Å²) in [5, 5.41) is 3.40. The summed E-state index contributed by atoms with van der Waals surface area (Å²) in [6.07, 6.45) is 4.38. The highest BCUT2D eigenvalue weighted by Crippen LogP contribution is 2.41. The number of amides is 1. The number of nitrogens with two attached hydrogens (primary N) is 1. The van der Waals surface area contributed by atoms with Crippen molar-refractivity contribution in [1.82, 2.24) is 10.2 Å². The van der Waals surface area contributed by atoms with Crippen LogP contribution in [0.25, 0.3) is 0 Å². The molecule has 0 aromatic carbocycles. The van der Waals surface area contributed by atoms with Crippen molar-refractivity contribution in [2.45, 2.75) is 45.1 Å². The second-order valence-corrected chi connectivity index (χ2v) is 6.17. The SMILES string of the molecule is CC1CCC(C)C(C(N)=O)(N2CCCNCC2)C1. The summed E-state index contributed by atoms with van der Waals surface area (Å²) in [6, 6.07) is 0. The van der Waals surface area contributed by atoms with E-state index in [9.17, 15) is 4.79 Å². The van der Waals surface area contributed by atoms with Crippen molar-refractivity contribution in [3.63, 3.8) is 0 Å². The minimum Gasteiger partial charge on any atom is -0.368 e. The lowest BCUT2D eigenvalue weighted by Gasteiger charge is -2.49. The van der Waals surface area contributed by atoms with Gasteiger partial charge in [0.25, 0.3) is 0 Å². The molecule has 4 heteroatoms. The Bertz CT molecular complexity index is 299. The van der Waals surface area contributed by atoms with Crippen LogP contribution in [0.3, 0.4) is 0 Å². The zero-order chi connectivity index (χ0) is 13.2. The molecule has 1 aliphatic heterocycles. The summed E-state index contributed by atoms with van der Waals surface area (Å²) in [7, 11) is 0. The maximum absolute atomic E-state index is 12.2. The van der Waals surface area contributed by atoms with E-state index in [2.05, 4.69) is 24.1 Å². The molecule has 0 bridgehead atoms. The standard InChI is InChI=1S/C14H27N3O/c1-11-4-5-12(2)14(10-11,13(15)18)17-8-3-6-16-7-9-17/h11-12,16H,3-10H2,1-2H3,(H2,15,18). The summed E-state index contributed by atoms with van der Waals surface area (Å²) in [6.45, 7) is 8.41. The molecular formula is C14H27N3O. The average molecular weight is 253 g/mol. The molecule has 2 rings (SSSR count). The van der Waals surface area contributed by atoms with Crippen LogP contribution in [0.1, 0.15) is 39.5 Å². The van der Waals surface area contributed by atoms with E-state index in [1.807, 2.05) is 0 Å². The van der Waals surface area contributed by atoms with E-state index in [1.165, 1.54) is 6.42 Å².